The quantitative estimate of drug-likeness (QED) is 0.354. The number of aromatic nitrogens is 1. The molecule has 0 saturated carbocycles. The molecule has 3 heterocycles. The summed E-state index contributed by atoms with van der Waals surface area (Å²) in [6.45, 7) is 10.8. The zero-order chi connectivity index (χ0) is 25.8. The van der Waals surface area contributed by atoms with E-state index in [0.29, 0.717) is 18.3 Å². The van der Waals surface area contributed by atoms with Gasteiger partial charge in [-0.25, -0.2) is 15.8 Å². The number of nitrogens with one attached hydrogen (secondary N) is 1. The summed E-state index contributed by atoms with van der Waals surface area (Å²) in [4.78, 5) is 11.5. The Labute approximate surface area is 226 Å². The van der Waals surface area contributed by atoms with Gasteiger partial charge in [0, 0.05) is 55.4 Å². The van der Waals surface area contributed by atoms with Crippen molar-refractivity contribution in [3.05, 3.63) is 120 Å². The van der Waals surface area contributed by atoms with Crippen LogP contribution < -0.4 is 11.2 Å². The van der Waals surface area contributed by atoms with E-state index in [1.807, 2.05) is 18.3 Å². The van der Waals surface area contributed by atoms with Gasteiger partial charge < -0.3 is 10.2 Å². The first kappa shape index (κ1) is 25.0. The highest BCUT2D eigenvalue weighted by Crippen LogP contribution is 2.31. The number of fused-ring (bicyclic) bond motifs is 1. The van der Waals surface area contributed by atoms with Crippen LogP contribution in [0, 0.1) is 5.92 Å². The third kappa shape index (κ3) is 5.53. The number of pyridine rings is 1. The summed E-state index contributed by atoms with van der Waals surface area (Å²) in [5, 5.41) is 7.51. The molecular weight excluding hydrogens is 524 g/mol. The van der Waals surface area contributed by atoms with Crippen molar-refractivity contribution in [2.75, 3.05) is 13.1 Å². The molecule has 2 aliphatic rings. The van der Waals surface area contributed by atoms with Crippen molar-refractivity contribution in [2.45, 2.75) is 19.4 Å². The normalized spacial score (nSPS) is 17.8. The van der Waals surface area contributed by atoms with Crippen molar-refractivity contribution in [3.8, 4) is 0 Å². The first-order chi connectivity index (χ1) is 18.0. The van der Waals surface area contributed by atoms with E-state index in [1.54, 1.807) is 17.3 Å². The molecule has 37 heavy (non-hydrogen) atoms. The first-order valence-corrected chi connectivity index (χ1v) is 13.3. The second kappa shape index (κ2) is 11.2. The zero-order valence-electron chi connectivity index (χ0n) is 20.8. The number of likely N-dealkylation sites (tertiary alicyclic amines) is 1. The fraction of sp³-hybridized carbons (Fsp3) is 0.200. The van der Waals surface area contributed by atoms with E-state index in [2.05, 4.69) is 92.8 Å². The molecule has 2 aliphatic heterocycles. The average Bonchev–Trinajstić information content (AvgIpc) is 2.96. The number of aliphatic imine (C=N–C) groups is 1. The topological polar surface area (TPSA) is 69.8 Å². The number of hydrogen-bond donors (Lipinski definition) is 2. The van der Waals surface area contributed by atoms with Crippen LogP contribution in [-0.4, -0.2) is 33.7 Å². The Morgan fingerprint density at radius 3 is 2.62 bits per heavy atom. The van der Waals surface area contributed by atoms with Gasteiger partial charge in [0.15, 0.2) is 5.82 Å². The molecule has 0 atom stereocenters. The molecule has 3 aromatic rings. The standard InChI is InChI=1S/C30H31BrN6/c1-3-27(31)30-35-28(18-29(37(30)32)34-20-22-7-6-14-33-19-22)24-12-15-36(16-13-24)21(2)25-11-10-23-8-4-5-9-26(23)17-25/h3-11,14,17-19,24,34H,1-2,12-13,15-16,20,32H2/b30-27+. The Hall–Kier alpha value is -3.68. The van der Waals surface area contributed by atoms with Crippen molar-refractivity contribution in [3.63, 3.8) is 0 Å². The maximum atomic E-state index is 6.45. The van der Waals surface area contributed by atoms with E-state index < -0.39 is 0 Å². The van der Waals surface area contributed by atoms with Gasteiger partial charge in [-0.05, 0) is 62.8 Å². The molecule has 0 radical (unpaired) electrons. The van der Waals surface area contributed by atoms with Crippen LogP contribution in [-0.2, 0) is 6.54 Å². The average molecular weight is 556 g/mol. The lowest BCUT2D eigenvalue weighted by atomic mass is 9.90. The molecule has 0 spiro atoms. The number of benzene rings is 2. The van der Waals surface area contributed by atoms with Gasteiger partial charge in [-0.1, -0.05) is 61.7 Å². The summed E-state index contributed by atoms with van der Waals surface area (Å²) in [6.07, 6.45) is 9.38. The van der Waals surface area contributed by atoms with Crippen molar-refractivity contribution >= 4 is 38.1 Å². The number of nitrogens with two attached hydrogens (primary N) is 1. The number of allylic oxidation sites excluding steroid dienone is 3. The van der Waals surface area contributed by atoms with Gasteiger partial charge >= 0.3 is 0 Å². The molecule has 7 heteroatoms. The van der Waals surface area contributed by atoms with Crippen LogP contribution in [0.5, 0.6) is 0 Å². The minimum absolute atomic E-state index is 0.324. The molecule has 0 bridgehead atoms. The molecule has 6 nitrogen and oxygen atoms in total. The van der Waals surface area contributed by atoms with Crippen LogP contribution in [0.2, 0.25) is 0 Å². The van der Waals surface area contributed by atoms with Crippen LogP contribution in [0.3, 0.4) is 0 Å². The third-order valence-corrected chi connectivity index (χ3v) is 7.65. The van der Waals surface area contributed by atoms with Gasteiger partial charge in [0.2, 0.25) is 0 Å². The number of hydrazine groups is 1. The van der Waals surface area contributed by atoms with E-state index in [-0.39, 0.29) is 0 Å². The van der Waals surface area contributed by atoms with Crippen molar-refractivity contribution < 1.29 is 0 Å². The lowest BCUT2D eigenvalue weighted by Crippen LogP contribution is -2.41. The predicted molar refractivity (Wildman–Crippen MR) is 156 cm³/mol. The molecule has 0 amide bonds. The van der Waals surface area contributed by atoms with Gasteiger partial charge in [-0.3, -0.25) is 4.98 Å². The van der Waals surface area contributed by atoms with Gasteiger partial charge in [0.05, 0.1) is 4.48 Å². The summed E-state index contributed by atoms with van der Waals surface area (Å²) in [6, 6.07) is 19.0. The highest BCUT2D eigenvalue weighted by molar-refractivity contribution is 9.11. The highest BCUT2D eigenvalue weighted by atomic mass is 79.9. The summed E-state index contributed by atoms with van der Waals surface area (Å²) in [5.74, 6) is 8.21. The fourth-order valence-electron chi connectivity index (χ4n) is 4.83. The molecule has 3 N–H and O–H groups in total. The molecule has 188 valence electrons. The molecule has 0 aliphatic carbocycles. The Morgan fingerprint density at radius 1 is 1.11 bits per heavy atom. The highest BCUT2D eigenvalue weighted by Gasteiger charge is 2.28. The summed E-state index contributed by atoms with van der Waals surface area (Å²) in [5.41, 5.74) is 4.36. The monoisotopic (exact) mass is 554 g/mol. The number of piperidine rings is 1. The maximum absolute atomic E-state index is 6.45. The second-order valence-electron chi connectivity index (χ2n) is 9.30. The maximum Gasteiger partial charge on any atom is 0.163 e. The Kier molecular flexibility index (Phi) is 7.53. The second-order valence-corrected chi connectivity index (χ2v) is 10.2. The minimum Gasteiger partial charge on any atom is -0.371 e. The van der Waals surface area contributed by atoms with Gasteiger partial charge in [-0.2, -0.15) is 0 Å². The summed E-state index contributed by atoms with van der Waals surface area (Å²) >= 11 is 3.57. The van der Waals surface area contributed by atoms with Crippen LogP contribution >= 0.6 is 15.9 Å². The largest absolute Gasteiger partial charge is 0.371 e. The molecule has 0 unspecified atom stereocenters. The van der Waals surface area contributed by atoms with Crippen LogP contribution in [0.15, 0.2) is 113 Å². The van der Waals surface area contributed by atoms with E-state index >= 15 is 0 Å². The van der Waals surface area contributed by atoms with Crippen LogP contribution in [0.1, 0.15) is 24.0 Å². The van der Waals surface area contributed by atoms with Crippen molar-refractivity contribution in [2.24, 2.45) is 16.8 Å². The van der Waals surface area contributed by atoms with Gasteiger partial charge in [0.1, 0.15) is 5.82 Å². The Bertz CT molecular complexity index is 1400. The van der Waals surface area contributed by atoms with Gasteiger partial charge in [-0.15, -0.1) is 0 Å². The van der Waals surface area contributed by atoms with Crippen molar-refractivity contribution in [1.82, 2.24) is 20.2 Å². The smallest absolute Gasteiger partial charge is 0.163 e. The molecule has 2 aromatic carbocycles. The van der Waals surface area contributed by atoms with Gasteiger partial charge in [0.25, 0.3) is 0 Å². The predicted octanol–water partition coefficient (Wildman–Crippen LogP) is 5.93. The number of hydrogen-bond acceptors (Lipinski definition) is 6. The van der Waals surface area contributed by atoms with E-state index in [1.165, 1.54) is 16.3 Å². The lowest BCUT2D eigenvalue weighted by molar-refractivity contribution is 0.294. The summed E-state index contributed by atoms with van der Waals surface area (Å²) < 4.78 is 0.753. The van der Waals surface area contributed by atoms with Crippen LogP contribution in [0.25, 0.3) is 16.5 Å². The molecular formula is C30H31BrN6. The third-order valence-electron chi connectivity index (χ3n) is 6.97. The minimum atomic E-state index is 0.324. The SMILES string of the molecule is C=C/C(Br)=C1/N=C(C2CCN(C(=C)c3ccc4ccccc4c3)CC2)C=C(NCc2cccnc2)N1N. The van der Waals surface area contributed by atoms with E-state index in [9.17, 15) is 0 Å². The molecule has 1 aromatic heterocycles. The zero-order valence-corrected chi connectivity index (χ0v) is 22.4. The number of halogens is 1. The van der Waals surface area contributed by atoms with E-state index in [4.69, 9.17) is 10.8 Å². The Morgan fingerprint density at radius 2 is 1.89 bits per heavy atom. The van der Waals surface area contributed by atoms with E-state index in [0.717, 1.165) is 53.2 Å². The fourth-order valence-corrected chi connectivity index (χ4v) is 5.11. The summed E-state index contributed by atoms with van der Waals surface area (Å²) in [7, 11) is 0. The molecule has 1 fully saturated rings. The van der Waals surface area contributed by atoms with Crippen LogP contribution in [0.4, 0.5) is 0 Å². The van der Waals surface area contributed by atoms with Crippen molar-refractivity contribution in [1.29, 1.82) is 0 Å². The lowest BCUT2D eigenvalue weighted by Gasteiger charge is -2.36. The Balaban J connectivity index is 1.30. The number of nitrogens with zero attached hydrogens (tertiary/aromatic N) is 4. The first-order valence-electron chi connectivity index (χ1n) is 12.5. The molecule has 5 rings (SSSR count). The molecule has 1 saturated heterocycles. The number of rotatable bonds is 7.